The molecule has 3 N–H and O–H groups in total. The molecule has 2 rings (SSSR count). The van der Waals surface area contributed by atoms with Crippen molar-refractivity contribution < 1.29 is 8.42 Å². The fraction of sp³-hybridized carbons (Fsp3) is 0.571. The summed E-state index contributed by atoms with van der Waals surface area (Å²) in [5, 5.41) is 0. The Kier molecular flexibility index (Phi) is 4.46. The van der Waals surface area contributed by atoms with Crippen molar-refractivity contribution in [1.82, 2.24) is 9.62 Å². The first-order valence-electron chi connectivity index (χ1n) is 7.06. The predicted octanol–water partition coefficient (Wildman–Crippen LogP) is 0.706. The van der Waals surface area contributed by atoms with Gasteiger partial charge in [-0.3, -0.25) is 4.90 Å². The number of hydrogen-bond acceptors (Lipinski definition) is 5. The van der Waals surface area contributed by atoms with Crippen LogP contribution < -0.4 is 15.4 Å². The Labute approximate surface area is 127 Å². The van der Waals surface area contributed by atoms with Gasteiger partial charge in [0.1, 0.15) is 4.90 Å². The average Bonchev–Trinajstić information content (AvgIpc) is 2.44. The van der Waals surface area contributed by atoms with E-state index in [1.807, 2.05) is 0 Å². The maximum absolute atomic E-state index is 12.2. The minimum Gasteiger partial charge on any atom is -0.399 e. The number of rotatable bonds is 3. The summed E-state index contributed by atoms with van der Waals surface area (Å²) in [4.78, 5) is 4.67. The molecule has 0 aromatic heterocycles. The number of nitrogens with two attached hydrogens (primary N) is 1. The molecule has 0 radical (unpaired) electrons. The number of likely N-dealkylation sites (N-methyl/N-ethyl adjacent to an activating group) is 1. The van der Waals surface area contributed by atoms with Crippen LogP contribution in [0.3, 0.4) is 0 Å². The van der Waals surface area contributed by atoms with Gasteiger partial charge in [0.05, 0.1) is 5.69 Å². The summed E-state index contributed by atoms with van der Waals surface area (Å²) in [7, 11) is -0.0221. The highest BCUT2D eigenvalue weighted by Crippen LogP contribution is 2.30. The molecule has 6 nitrogen and oxygen atoms in total. The summed E-state index contributed by atoms with van der Waals surface area (Å²) in [5.74, 6) is 0. The van der Waals surface area contributed by atoms with Crippen LogP contribution in [0.15, 0.2) is 23.1 Å². The molecule has 1 aromatic rings. The van der Waals surface area contributed by atoms with Crippen LogP contribution in [-0.4, -0.2) is 52.6 Å². The van der Waals surface area contributed by atoms with Gasteiger partial charge in [0.2, 0.25) is 10.0 Å². The highest BCUT2D eigenvalue weighted by molar-refractivity contribution is 7.89. The Morgan fingerprint density at radius 3 is 2.33 bits per heavy atom. The van der Waals surface area contributed by atoms with Crippen molar-refractivity contribution in [2.75, 3.05) is 37.8 Å². The van der Waals surface area contributed by atoms with Crippen molar-refractivity contribution in [3.63, 3.8) is 0 Å². The Bertz CT molecular complexity index is 605. The molecule has 0 amide bonds. The van der Waals surface area contributed by atoms with E-state index in [0.717, 1.165) is 13.1 Å². The molecule has 0 saturated carbocycles. The summed E-state index contributed by atoms with van der Waals surface area (Å²) in [5.41, 5.74) is 6.93. The summed E-state index contributed by atoms with van der Waals surface area (Å²) >= 11 is 0. The quantitative estimate of drug-likeness (QED) is 0.804. The fourth-order valence-corrected chi connectivity index (χ4v) is 3.70. The zero-order chi connectivity index (χ0) is 15.8. The normalized spacial score (nSPS) is 24.3. The molecule has 2 atom stereocenters. The van der Waals surface area contributed by atoms with Gasteiger partial charge in [0, 0.05) is 30.9 Å². The molecule has 2 unspecified atom stereocenters. The van der Waals surface area contributed by atoms with Gasteiger partial charge in [-0.05, 0) is 46.1 Å². The number of nitrogens with one attached hydrogen (secondary N) is 1. The molecule has 1 heterocycles. The number of hydrogen-bond donors (Lipinski definition) is 2. The van der Waals surface area contributed by atoms with Crippen LogP contribution in [0.4, 0.5) is 11.4 Å². The molecule has 21 heavy (non-hydrogen) atoms. The smallest absolute Gasteiger partial charge is 0.242 e. The Morgan fingerprint density at radius 2 is 1.81 bits per heavy atom. The number of nitrogen functional groups attached to an aromatic ring is 1. The molecule has 1 saturated heterocycles. The predicted molar refractivity (Wildman–Crippen MR) is 86.0 cm³/mol. The highest BCUT2D eigenvalue weighted by atomic mass is 32.2. The average molecular weight is 312 g/mol. The van der Waals surface area contributed by atoms with Gasteiger partial charge in [0.15, 0.2) is 0 Å². The zero-order valence-corrected chi connectivity index (χ0v) is 13.8. The van der Waals surface area contributed by atoms with E-state index < -0.39 is 10.0 Å². The third-order valence-electron chi connectivity index (χ3n) is 4.24. The minimum absolute atomic E-state index is 0.244. The molecule has 1 aliphatic rings. The van der Waals surface area contributed by atoms with Crippen LogP contribution in [0, 0.1) is 0 Å². The van der Waals surface area contributed by atoms with E-state index in [9.17, 15) is 8.42 Å². The summed E-state index contributed by atoms with van der Waals surface area (Å²) in [6.07, 6.45) is 0. The van der Waals surface area contributed by atoms with Gasteiger partial charge in [-0.25, -0.2) is 13.1 Å². The van der Waals surface area contributed by atoms with Crippen LogP contribution >= 0.6 is 0 Å². The molecule has 118 valence electrons. The molecule has 1 fully saturated rings. The second-order valence-corrected chi connectivity index (χ2v) is 7.56. The number of sulfonamides is 1. The van der Waals surface area contributed by atoms with E-state index >= 15 is 0 Å². The van der Waals surface area contributed by atoms with Gasteiger partial charge >= 0.3 is 0 Å². The minimum atomic E-state index is -3.53. The summed E-state index contributed by atoms with van der Waals surface area (Å²) in [6, 6.07) is 5.78. The van der Waals surface area contributed by atoms with Gasteiger partial charge < -0.3 is 10.6 Å². The molecule has 1 aliphatic heterocycles. The molecule has 0 spiro atoms. The lowest BCUT2D eigenvalue weighted by Crippen LogP contribution is -2.55. The molecular formula is C14H24N4O2S. The summed E-state index contributed by atoms with van der Waals surface area (Å²) in [6.45, 7) is 5.87. The van der Waals surface area contributed by atoms with E-state index in [2.05, 4.69) is 35.4 Å². The van der Waals surface area contributed by atoms with Crippen LogP contribution in [0.2, 0.25) is 0 Å². The number of nitrogens with zero attached hydrogens (tertiary/aromatic N) is 2. The lowest BCUT2D eigenvalue weighted by atomic mass is 10.1. The van der Waals surface area contributed by atoms with Crippen molar-refractivity contribution >= 4 is 21.4 Å². The fourth-order valence-electron chi connectivity index (χ4n) is 2.72. The zero-order valence-electron chi connectivity index (χ0n) is 13.0. The van der Waals surface area contributed by atoms with Gasteiger partial charge in [-0.15, -0.1) is 0 Å². The van der Waals surface area contributed by atoms with Crippen molar-refractivity contribution in [2.24, 2.45) is 0 Å². The molecular weight excluding hydrogens is 288 g/mol. The SMILES string of the molecule is CNS(=O)(=O)c1cc(N)ccc1N1CC(C)N(C)C(C)C1. The molecule has 0 bridgehead atoms. The van der Waals surface area contributed by atoms with E-state index in [0.29, 0.717) is 23.5 Å². The van der Waals surface area contributed by atoms with Crippen LogP contribution in [0.1, 0.15) is 13.8 Å². The van der Waals surface area contributed by atoms with Crippen LogP contribution in [0.25, 0.3) is 0 Å². The van der Waals surface area contributed by atoms with Crippen LogP contribution in [0.5, 0.6) is 0 Å². The lowest BCUT2D eigenvalue weighted by molar-refractivity contribution is 0.170. The van der Waals surface area contributed by atoms with E-state index in [1.165, 1.54) is 13.1 Å². The van der Waals surface area contributed by atoms with E-state index in [-0.39, 0.29) is 4.90 Å². The maximum atomic E-state index is 12.2. The van der Waals surface area contributed by atoms with Gasteiger partial charge in [0.25, 0.3) is 0 Å². The van der Waals surface area contributed by atoms with Gasteiger partial charge in [-0.2, -0.15) is 0 Å². The van der Waals surface area contributed by atoms with Crippen molar-refractivity contribution in [2.45, 2.75) is 30.8 Å². The topological polar surface area (TPSA) is 78.7 Å². The second kappa shape index (κ2) is 5.82. The second-order valence-electron chi connectivity index (χ2n) is 5.70. The monoisotopic (exact) mass is 312 g/mol. The third-order valence-corrected chi connectivity index (χ3v) is 5.69. The lowest BCUT2D eigenvalue weighted by Gasteiger charge is -2.44. The number of anilines is 2. The summed E-state index contributed by atoms with van der Waals surface area (Å²) < 4.78 is 26.9. The Balaban J connectivity index is 2.45. The van der Waals surface area contributed by atoms with E-state index in [4.69, 9.17) is 5.73 Å². The van der Waals surface area contributed by atoms with Crippen molar-refractivity contribution in [3.8, 4) is 0 Å². The Hall–Kier alpha value is -1.31. The molecule has 1 aromatic carbocycles. The Morgan fingerprint density at radius 1 is 1.24 bits per heavy atom. The van der Waals surface area contributed by atoms with Crippen molar-refractivity contribution in [3.05, 3.63) is 18.2 Å². The van der Waals surface area contributed by atoms with Crippen LogP contribution in [-0.2, 0) is 10.0 Å². The molecule has 0 aliphatic carbocycles. The maximum Gasteiger partial charge on any atom is 0.242 e. The van der Waals surface area contributed by atoms with Crippen molar-refractivity contribution in [1.29, 1.82) is 0 Å². The highest BCUT2D eigenvalue weighted by Gasteiger charge is 2.29. The van der Waals surface area contributed by atoms with E-state index in [1.54, 1.807) is 12.1 Å². The first-order valence-corrected chi connectivity index (χ1v) is 8.54. The largest absolute Gasteiger partial charge is 0.399 e. The first-order chi connectivity index (χ1) is 9.76. The van der Waals surface area contributed by atoms with Gasteiger partial charge in [-0.1, -0.05) is 0 Å². The first kappa shape index (κ1) is 16.1. The third kappa shape index (κ3) is 3.14. The standard InChI is InChI=1S/C14H24N4O2S/c1-10-8-18(9-11(2)17(10)4)13-6-5-12(15)7-14(13)21(19,20)16-3/h5-7,10-11,16H,8-9,15H2,1-4H3. The number of piperazine rings is 1. The molecule has 7 heteroatoms. The number of benzene rings is 1.